The van der Waals surface area contributed by atoms with Crippen molar-refractivity contribution in [2.75, 3.05) is 7.11 Å². The van der Waals surface area contributed by atoms with Gasteiger partial charge in [-0.3, -0.25) is 4.79 Å². The van der Waals surface area contributed by atoms with Crippen molar-refractivity contribution in [1.82, 2.24) is 0 Å². The van der Waals surface area contributed by atoms with Gasteiger partial charge in [-0.2, -0.15) is 0 Å². The van der Waals surface area contributed by atoms with E-state index in [2.05, 4.69) is 4.74 Å². The van der Waals surface area contributed by atoms with Gasteiger partial charge in [-0.1, -0.05) is 12.1 Å². The van der Waals surface area contributed by atoms with Crippen LogP contribution >= 0.6 is 11.3 Å². The monoisotopic (exact) mass is 262 g/mol. The van der Waals surface area contributed by atoms with Gasteiger partial charge in [0.1, 0.15) is 5.75 Å². The van der Waals surface area contributed by atoms with Crippen LogP contribution in [0.3, 0.4) is 0 Å². The van der Waals surface area contributed by atoms with Crippen LogP contribution < -0.4 is 0 Å². The third-order valence-electron chi connectivity index (χ3n) is 2.71. The zero-order chi connectivity index (χ0) is 13.0. The number of ether oxygens (including phenoxy) is 1. The highest BCUT2D eigenvalue weighted by Crippen LogP contribution is 2.30. The van der Waals surface area contributed by atoms with E-state index < -0.39 is 0 Å². The summed E-state index contributed by atoms with van der Waals surface area (Å²) in [4.78, 5) is 12.3. The van der Waals surface area contributed by atoms with E-state index >= 15 is 0 Å². The Morgan fingerprint density at radius 1 is 1.28 bits per heavy atom. The van der Waals surface area contributed by atoms with Gasteiger partial charge in [-0.15, -0.1) is 11.3 Å². The summed E-state index contributed by atoms with van der Waals surface area (Å²) in [6, 6.07) is 9.11. The van der Waals surface area contributed by atoms with Crippen molar-refractivity contribution in [2.24, 2.45) is 0 Å². The van der Waals surface area contributed by atoms with Crippen LogP contribution in [0.15, 0.2) is 35.7 Å². The topological polar surface area (TPSA) is 46.5 Å². The van der Waals surface area contributed by atoms with Crippen molar-refractivity contribution in [3.05, 3.63) is 40.6 Å². The fourth-order valence-electron chi connectivity index (χ4n) is 1.75. The van der Waals surface area contributed by atoms with E-state index in [1.165, 1.54) is 7.11 Å². The van der Waals surface area contributed by atoms with Gasteiger partial charge >= 0.3 is 5.97 Å². The van der Waals surface area contributed by atoms with Gasteiger partial charge in [0, 0.05) is 4.88 Å². The van der Waals surface area contributed by atoms with Crippen LogP contribution in [0, 0.1) is 0 Å². The molecule has 18 heavy (non-hydrogen) atoms. The molecule has 0 saturated carbocycles. The van der Waals surface area contributed by atoms with Gasteiger partial charge in [0.2, 0.25) is 0 Å². The zero-order valence-corrected chi connectivity index (χ0v) is 10.9. The van der Waals surface area contributed by atoms with Crippen LogP contribution in [0.5, 0.6) is 5.75 Å². The lowest BCUT2D eigenvalue weighted by atomic mass is 10.0. The standard InChI is InChI=1S/C14H14O3S/c1-17-14(16)7-6-13-12(8-9-18-13)10-2-4-11(15)5-3-10/h2-5,8-9,15H,6-7H2,1H3. The lowest BCUT2D eigenvalue weighted by Gasteiger charge is -2.04. The highest BCUT2D eigenvalue weighted by Gasteiger charge is 2.09. The number of phenols is 1. The Morgan fingerprint density at radius 2 is 2.00 bits per heavy atom. The molecule has 94 valence electrons. The summed E-state index contributed by atoms with van der Waals surface area (Å²) in [6.07, 6.45) is 1.07. The molecule has 1 heterocycles. The largest absolute Gasteiger partial charge is 0.508 e. The van der Waals surface area contributed by atoms with Gasteiger partial charge < -0.3 is 9.84 Å². The first kappa shape index (κ1) is 12.6. The zero-order valence-electron chi connectivity index (χ0n) is 10.1. The van der Waals surface area contributed by atoms with Crippen molar-refractivity contribution in [3.8, 4) is 16.9 Å². The first-order chi connectivity index (χ1) is 8.70. The average Bonchev–Trinajstić information content (AvgIpc) is 2.85. The lowest BCUT2D eigenvalue weighted by molar-refractivity contribution is -0.140. The van der Waals surface area contributed by atoms with Crippen LogP contribution in [-0.2, 0) is 16.0 Å². The quantitative estimate of drug-likeness (QED) is 0.860. The van der Waals surface area contributed by atoms with Crippen molar-refractivity contribution in [3.63, 3.8) is 0 Å². The molecule has 2 aromatic rings. The third kappa shape index (κ3) is 2.90. The van der Waals surface area contributed by atoms with Crippen LogP contribution in [-0.4, -0.2) is 18.2 Å². The molecule has 0 unspecified atom stereocenters. The molecule has 0 amide bonds. The predicted octanol–water partition coefficient (Wildman–Crippen LogP) is 3.23. The maximum atomic E-state index is 11.1. The Hall–Kier alpha value is -1.81. The summed E-state index contributed by atoms with van der Waals surface area (Å²) in [5.74, 6) is 0.0603. The molecule has 2 rings (SSSR count). The number of esters is 1. The number of hydrogen-bond acceptors (Lipinski definition) is 4. The predicted molar refractivity (Wildman–Crippen MR) is 71.8 cm³/mol. The van der Waals surface area contributed by atoms with Crippen molar-refractivity contribution in [1.29, 1.82) is 0 Å². The van der Waals surface area contributed by atoms with Gasteiger partial charge in [0.25, 0.3) is 0 Å². The van der Waals surface area contributed by atoms with E-state index in [1.54, 1.807) is 23.5 Å². The minimum Gasteiger partial charge on any atom is -0.508 e. The Morgan fingerprint density at radius 3 is 2.67 bits per heavy atom. The van der Waals surface area contributed by atoms with Gasteiger partial charge in [-0.25, -0.2) is 0 Å². The van der Waals surface area contributed by atoms with E-state index in [9.17, 15) is 9.90 Å². The van der Waals surface area contributed by atoms with Crippen LogP contribution in [0.1, 0.15) is 11.3 Å². The number of rotatable bonds is 4. The minimum absolute atomic E-state index is 0.194. The second-order valence-electron chi connectivity index (χ2n) is 3.88. The van der Waals surface area contributed by atoms with Crippen LogP contribution in [0.4, 0.5) is 0 Å². The summed E-state index contributed by atoms with van der Waals surface area (Å²) in [5, 5.41) is 11.3. The Kier molecular flexibility index (Phi) is 3.99. The molecule has 1 N–H and O–H groups in total. The van der Waals surface area contributed by atoms with E-state index in [0.717, 1.165) is 16.0 Å². The fraction of sp³-hybridized carbons (Fsp3) is 0.214. The molecule has 0 saturated heterocycles. The van der Waals surface area contributed by atoms with Gasteiger partial charge in [0.15, 0.2) is 0 Å². The number of carbonyl (C=O) groups excluding carboxylic acids is 1. The smallest absolute Gasteiger partial charge is 0.305 e. The summed E-state index contributed by atoms with van der Waals surface area (Å²) in [5.41, 5.74) is 2.16. The van der Waals surface area contributed by atoms with E-state index in [1.807, 2.05) is 23.6 Å². The summed E-state index contributed by atoms with van der Waals surface area (Å²) >= 11 is 1.63. The number of aryl methyl sites for hydroxylation is 1. The fourth-order valence-corrected chi connectivity index (χ4v) is 2.65. The summed E-state index contributed by atoms with van der Waals surface area (Å²) in [7, 11) is 1.40. The molecule has 0 atom stereocenters. The Labute approximate surface area is 110 Å². The Bertz CT molecular complexity index is 528. The van der Waals surface area contributed by atoms with Crippen molar-refractivity contribution >= 4 is 17.3 Å². The number of aromatic hydroxyl groups is 1. The molecule has 0 bridgehead atoms. The number of phenolic OH excluding ortho intramolecular Hbond substituents is 1. The number of benzene rings is 1. The number of thiophene rings is 1. The first-order valence-electron chi connectivity index (χ1n) is 5.63. The summed E-state index contributed by atoms with van der Waals surface area (Å²) < 4.78 is 4.64. The molecule has 3 nitrogen and oxygen atoms in total. The first-order valence-corrected chi connectivity index (χ1v) is 6.51. The molecule has 0 spiro atoms. The maximum absolute atomic E-state index is 11.1. The van der Waals surface area contributed by atoms with Gasteiger partial charge in [0.05, 0.1) is 13.5 Å². The van der Waals surface area contributed by atoms with E-state index in [0.29, 0.717) is 12.8 Å². The second kappa shape index (κ2) is 5.69. The van der Waals surface area contributed by atoms with Crippen molar-refractivity contribution < 1.29 is 14.6 Å². The second-order valence-corrected chi connectivity index (χ2v) is 4.88. The highest BCUT2D eigenvalue weighted by atomic mass is 32.1. The van der Waals surface area contributed by atoms with Gasteiger partial charge in [-0.05, 0) is 41.1 Å². The van der Waals surface area contributed by atoms with E-state index in [4.69, 9.17) is 0 Å². The number of carbonyl (C=O) groups is 1. The molecule has 0 fully saturated rings. The molecule has 4 heteroatoms. The highest BCUT2D eigenvalue weighted by molar-refractivity contribution is 7.10. The minimum atomic E-state index is -0.194. The molecule has 0 aliphatic carbocycles. The SMILES string of the molecule is COC(=O)CCc1sccc1-c1ccc(O)cc1. The molecule has 1 aromatic carbocycles. The molecule has 0 aliphatic rings. The van der Waals surface area contributed by atoms with Crippen LogP contribution in [0.2, 0.25) is 0 Å². The normalized spacial score (nSPS) is 10.3. The van der Waals surface area contributed by atoms with Crippen molar-refractivity contribution in [2.45, 2.75) is 12.8 Å². The molecule has 0 aliphatic heterocycles. The maximum Gasteiger partial charge on any atom is 0.305 e. The third-order valence-corrected chi connectivity index (χ3v) is 3.69. The summed E-state index contributed by atoms with van der Waals surface area (Å²) in [6.45, 7) is 0. The lowest BCUT2D eigenvalue weighted by Crippen LogP contribution is -2.01. The van der Waals surface area contributed by atoms with Crippen LogP contribution in [0.25, 0.3) is 11.1 Å². The Balaban J connectivity index is 2.17. The number of hydrogen-bond donors (Lipinski definition) is 1. The molecular weight excluding hydrogens is 248 g/mol. The molecule has 0 radical (unpaired) electrons. The van der Waals surface area contributed by atoms with E-state index in [-0.39, 0.29) is 11.7 Å². The average molecular weight is 262 g/mol. The molecule has 1 aromatic heterocycles. The molecular formula is C14H14O3S. The number of methoxy groups -OCH3 is 1.